The number of rotatable bonds is 2. The average molecular weight is 200 g/mol. The van der Waals surface area contributed by atoms with Gasteiger partial charge >= 0.3 is 0 Å². The van der Waals surface area contributed by atoms with Gasteiger partial charge < -0.3 is 10.2 Å². The Morgan fingerprint density at radius 1 is 1.40 bits per heavy atom. The lowest BCUT2D eigenvalue weighted by molar-refractivity contribution is 0.457. The van der Waals surface area contributed by atoms with E-state index in [9.17, 15) is 0 Å². The summed E-state index contributed by atoms with van der Waals surface area (Å²) in [6, 6.07) is 10.2. The van der Waals surface area contributed by atoms with Crippen LogP contribution in [0.25, 0.3) is 0 Å². The molecule has 1 fully saturated rings. The summed E-state index contributed by atoms with van der Waals surface area (Å²) < 4.78 is 0. The lowest BCUT2D eigenvalue weighted by Crippen LogP contribution is -2.29. The van der Waals surface area contributed by atoms with E-state index in [1.807, 2.05) is 24.4 Å². The first-order valence-electron chi connectivity index (χ1n) is 4.89. The number of guanidine groups is 1. The van der Waals surface area contributed by atoms with E-state index in [2.05, 4.69) is 27.3 Å². The third-order valence-electron chi connectivity index (χ3n) is 2.34. The van der Waals surface area contributed by atoms with Crippen LogP contribution in [0.5, 0.6) is 0 Å². The van der Waals surface area contributed by atoms with E-state index >= 15 is 0 Å². The van der Waals surface area contributed by atoms with E-state index in [0.717, 1.165) is 19.6 Å². The topological polar surface area (TPSA) is 51.4 Å². The minimum atomic E-state index is 0.682. The van der Waals surface area contributed by atoms with E-state index in [1.54, 1.807) is 0 Å². The molecule has 0 spiro atoms. The summed E-state index contributed by atoms with van der Waals surface area (Å²) in [7, 11) is 0. The molecule has 2 rings (SSSR count). The van der Waals surface area contributed by atoms with E-state index in [4.69, 9.17) is 5.26 Å². The quantitative estimate of drug-likeness (QED) is 0.722. The van der Waals surface area contributed by atoms with E-state index in [1.165, 1.54) is 5.56 Å². The lowest BCUT2D eigenvalue weighted by atomic mass is 10.2. The van der Waals surface area contributed by atoms with Gasteiger partial charge in [-0.15, -0.1) is 4.99 Å². The Kier molecular flexibility index (Phi) is 2.84. The molecule has 1 saturated heterocycles. The Labute approximate surface area is 88.8 Å². The zero-order chi connectivity index (χ0) is 10.5. The molecule has 4 nitrogen and oxygen atoms in total. The minimum Gasteiger partial charge on any atom is -0.354 e. The summed E-state index contributed by atoms with van der Waals surface area (Å²) in [4.78, 5) is 5.81. The van der Waals surface area contributed by atoms with Crippen LogP contribution in [0.3, 0.4) is 0 Å². The second kappa shape index (κ2) is 4.47. The number of hydrogen-bond donors (Lipinski definition) is 1. The molecule has 0 atom stereocenters. The molecule has 0 amide bonds. The van der Waals surface area contributed by atoms with Crippen molar-refractivity contribution in [3.8, 4) is 6.19 Å². The Morgan fingerprint density at radius 3 is 2.93 bits per heavy atom. The molecule has 1 N–H and O–H groups in total. The van der Waals surface area contributed by atoms with Crippen molar-refractivity contribution in [1.82, 2.24) is 10.2 Å². The van der Waals surface area contributed by atoms with Gasteiger partial charge in [-0.3, -0.25) is 0 Å². The smallest absolute Gasteiger partial charge is 0.210 e. The van der Waals surface area contributed by atoms with Gasteiger partial charge in [0.05, 0.1) is 0 Å². The second-order valence-electron chi connectivity index (χ2n) is 3.37. The largest absolute Gasteiger partial charge is 0.354 e. The summed E-state index contributed by atoms with van der Waals surface area (Å²) in [5.74, 6) is 0.682. The predicted octanol–water partition coefficient (Wildman–Crippen LogP) is 0.929. The van der Waals surface area contributed by atoms with Crippen LogP contribution in [0.15, 0.2) is 35.3 Å². The van der Waals surface area contributed by atoms with Gasteiger partial charge in [-0.05, 0) is 5.56 Å². The molecule has 0 aliphatic carbocycles. The predicted molar refractivity (Wildman–Crippen MR) is 57.9 cm³/mol. The van der Waals surface area contributed by atoms with Crippen LogP contribution in [0.2, 0.25) is 0 Å². The molecule has 15 heavy (non-hydrogen) atoms. The number of nitrogens with one attached hydrogen (secondary N) is 1. The molecule has 1 aromatic rings. The van der Waals surface area contributed by atoms with Gasteiger partial charge in [-0.25, -0.2) is 0 Å². The van der Waals surface area contributed by atoms with Gasteiger partial charge in [0.2, 0.25) is 12.2 Å². The Morgan fingerprint density at radius 2 is 2.20 bits per heavy atom. The van der Waals surface area contributed by atoms with Crippen LogP contribution in [0.4, 0.5) is 0 Å². The van der Waals surface area contributed by atoms with Gasteiger partial charge in [0.25, 0.3) is 0 Å². The fourth-order valence-corrected chi connectivity index (χ4v) is 1.64. The highest BCUT2D eigenvalue weighted by Crippen LogP contribution is 2.06. The summed E-state index contributed by atoms with van der Waals surface area (Å²) in [6.07, 6.45) is 1.81. The third kappa shape index (κ3) is 2.26. The fourth-order valence-electron chi connectivity index (χ4n) is 1.64. The van der Waals surface area contributed by atoms with Crippen LogP contribution in [-0.4, -0.2) is 23.9 Å². The Hall–Kier alpha value is -2.02. The summed E-state index contributed by atoms with van der Waals surface area (Å²) in [5, 5.41) is 11.6. The molecule has 4 heteroatoms. The number of hydrogen-bond acceptors (Lipinski definition) is 2. The summed E-state index contributed by atoms with van der Waals surface area (Å²) >= 11 is 0. The zero-order valence-electron chi connectivity index (χ0n) is 8.35. The van der Waals surface area contributed by atoms with Gasteiger partial charge in [-0.2, -0.15) is 5.26 Å². The van der Waals surface area contributed by atoms with Crippen LogP contribution in [-0.2, 0) is 6.54 Å². The maximum absolute atomic E-state index is 8.51. The monoisotopic (exact) mass is 200 g/mol. The molecule has 76 valence electrons. The molecular weight excluding hydrogens is 188 g/mol. The second-order valence-corrected chi connectivity index (χ2v) is 3.37. The highest BCUT2D eigenvalue weighted by Gasteiger charge is 2.17. The van der Waals surface area contributed by atoms with Crippen molar-refractivity contribution in [2.45, 2.75) is 6.54 Å². The Balaban J connectivity index is 2.07. The molecule has 1 aliphatic heterocycles. The molecule has 1 aromatic carbocycles. The molecule has 0 aromatic heterocycles. The molecule has 1 aliphatic rings. The van der Waals surface area contributed by atoms with Gasteiger partial charge in [-0.1, -0.05) is 30.3 Å². The molecule has 0 bridgehead atoms. The highest BCUT2D eigenvalue weighted by atomic mass is 15.3. The first-order valence-corrected chi connectivity index (χ1v) is 4.89. The van der Waals surface area contributed by atoms with Crippen LogP contribution in [0.1, 0.15) is 5.56 Å². The number of aliphatic imine (C=N–C) groups is 1. The highest BCUT2D eigenvalue weighted by molar-refractivity contribution is 5.82. The van der Waals surface area contributed by atoms with E-state index < -0.39 is 0 Å². The first kappa shape index (κ1) is 9.53. The van der Waals surface area contributed by atoms with E-state index in [-0.39, 0.29) is 0 Å². The van der Waals surface area contributed by atoms with Crippen molar-refractivity contribution in [2.24, 2.45) is 4.99 Å². The van der Waals surface area contributed by atoms with Crippen molar-refractivity contribution in [3.63, 3.8) is 0 Å². The normalized spacial score (nSPS) is 17.5. The molecule has 0 unspecified atom stereocenters. The lowest BCUT2D eigenvalue weighted by Gasteiger charge is -2.16. The van der Waals surface area contributed by atoms with Gasteiger partial charge in [0, 0.05) is 19.6 Å². The van der Waals surface area contributed by atoms with Gasteiger partial charge in [0.1, 0.15) is 0 Å². The Bertz CT molecular complexity index is 391. The maximum Gasteiger partial charge on any atom is 0.210 e. The SMILES string of the molecule is N#C/N=C1\NCCN1Cc1ccccc1. The van der Waals surface area contributed by atoms with Gasteiger partial charge in [0.15, 0.2) is 0 Å². The molecule has 1 heterocycles. The standard InChI is InChI=1S/C11H12N4/c12-9-14-11-13-6-7-15(11)8-10-4-2-1-3-5-10/h1-5H,6-8H2,(H,13,14). The van der Waals surface area contributed by atoms with Crippen LogP contribution < -0.4 is 5.32 Å². The van der Waals surface area contributed by atoms with E-state index in [0.29, 0.717) is 5.96 Å². The minimum absolute atomic E-state index is 0.682. The third-order valence-corrected chi connectivity index (χ3v) is 2.34. The van der Waals surface area contributed by atoms with Crippen LogP contribution in [0, 0.1) is 11.5 Å². The summed E-state index contributed by atoms with van der Waals surface area (Å²) in [5.41, 5.74) is 1.23. The van der Waals surface area contributed by atoms with Crippen LogP contribution >= 0.6 is 0 Å². The molecular formula is C11H12N4. The van der Waals surface area contributed by atoms with Crippen molar-refractivity contribution in [2.75, 3.05) is 13.1 Å². The molecule has 0 saturated carbocycles. The number of nitrogens with zero attached hydrogens (tertiary/aromatic N) is 3. The number of benzene rings is 1. The van der Waals surface area contributed by atoms with Crippen molar-refractivity contribution >= 4 is 5.96 Å². The zero-order valence-corrected chi connectivity index (χ0v) is 8.35. The molecule has 0 radical (unpaired) electrons. The van der Waals surface area contributed by atoms with Crippen molar-refractivity contribution < 1.29 is 0 Å². The fraction of sp³-hybridized carbons (Fsp3) is 0.273. The van der Waals surface area contributed by atoms with Crippen molar-refractivity contribution in [3.05, 3.63) is 35.9 Å². The maximum atomic E-state index is 8.51. The first-order chi connectivity index (χ1) is 7.40. The summed E-state index contributed by atoms with van der Waals surface area (Å²) in [6.45, 7) is 2.55. The van der Waals surface area contributed by atoms with Crippen molar-refractivity contribution in [1.29, 1.82) is 5.26 Å². The number of nitriles is 1. The average Bonchev–Trinajstić information content (AvgIpc) is 2.68.